The normalized spacial score (nSPS) is 13.4. The molecule has 0 spiro atoms. The van der Waals surface area contributed by atoms with E-state index in [0.717, 1.165) is 29.7 Å². The van der Waals surface area contributed by atoms with Crippen molar-refractivity contribution >= 4 is 18.0 Å². The van der Waals surface area contributed by atoms with Crippen LogP contribution < -0.4 is 15.5 Å². The summed E-state index contributed by atoms with van der Waals surface area (Å²) >= 11 is 0. The fraction of sp³-hybridized carbons (Fsp3) is 0.211. The number of hydrogen-bond donors (Lipinski definition) is 2. The smallest absolute Gasteiger partial charge is 0.329 e. The molecule has 0 atom stereocenters. The molecule has 3 rings (SSSR count). The number of nitrogens with zero attached hydrogens (tertiary/aromatic N) is 1. The summed E-state index contributed by atoms with van der Waals surface area (Å²) in [5.41, 5.74) is 4.10. The maximum absolute atomic E-state index is 11.5. The standard InChI is InChI=1S/C19H19N3O3/c23-18(21-16-8-9-16)19(24)22-20-12-14-6-10-17(11-7-14)25-13-15-4-2-1-3-5-15/h1-7,10-12,16H,8-9,13H2,(H,21,23)(H,22,24)/b20-12+. The van der Waals surface area contributed by atoms with Crippen LogP contribution >= 0.6 is 0 Å². The van der Waals surface area contributed by atoms with Crippen LogP contribution in [0.15, 0.2) is 59.7 Å². The van der Waals surface area contributed by atoms with E-state index in [9.17, 15) is 9.59 Å². The van der Waals surface area contributed by atoms with Gasteiger partial charge in [-0.05, 0) is 48.2 Å². The van der Waals surface area contributed by atoms with Crippen molar-refractivity contribution in [1.82, 2.24) is 10.7 Å². The van der Waals surface area contributed by atoms with E-state index in [4.69, 9.17) is 4.74 Å². The van der Waals surface area contributed by atoms with Gasteiger partial charge in [-0.15, -0.1) is 0 Å². The van der Waals surface area contributed by atoms with Gasteiger partial charge in [0.05, 0.1) is 6.21 Å². The molecular formula is C19H19N3O3. The largest absolute Gasteiger partial charge is 0.489 e. The average molecular weight is 337 g/mol. The molecule has 0 bridgehead atoms. The van der Waals surface area contributed by atoms with E-state index in [2.05, 4.69) is 15.8 Å². The van der Waals surface area contributed by atoms with Gasteiger partial charge < -0.3 is 10.1 Å². The van der Waals surface area contributed by atoms with Gasteiger partial charge in [0.25, 0.3) is 0 Å². The Morgan fingerprint density at radius 2 is 1.76 bits per heavy atom. The first-order chi connectivity index (χ1) is 12.2. The first kappa shape index (κ1) is 16.7. The maximum atomic E-state index is 11.5. The number of ether oxygens (including phenoxy) is 1. The van der Waals surface area contributed by atoms with Gasteiger partial charge in [-0.1, -0.05) is 30.3 Å². The van der Waals surface area contributed by atoms with Crippen LogP contribution in [-0.2, 0) is 16.2 Å². The van der Waals surface area contributed by atoms with Crippen LogP contribution in [0.1, 0.15) is 24.0 Å². The Labute approximate surface area is 145 Å². The SMILES string of the molecule is O=C(N/N=C/c1ccc(OCc2ccccc2)cc1)C(=O)NC1CC1. The fourth-order valence-corrected chi connectivity index (χ4v) is 2.09. The second kappa shape index (κ2) is 8.10. The van der Waals surface area contributed by atoms with Gasteiger partial charge >= 0.3 is 11.8 Å². The number of amides is 2. The van der Waals surface area contributed by atoms with E-state index >= 15 is 0 Å². The van der Waals surface area contributed by atoms with Gasteiger partial charge in [-0.2, -0.15) is 5.10 Å². The van der Waals surface area contributed by atoms with Crippen molar-refractivity contribution in [1.29, 1.82) is 0 Å². The molecule has 2 aromatic carbocycles. The first-order valence-electron chi connectivity index (χ1n) is 8.11. The number of nitrogens with one attached hydrogen (secondary N) is 2. The highest BCUT2D eigenvalue weighted by Gasteiger charge is 2.26. The predicted octanol–water partition coefficient (Wildman–Crippen LogP) is 1.99. The minimum Gasteiger partial charge on any atom is -0.489 e. The van der Waals surface area contributed by atoms with Crippen molar-refractivity contribution in [2.75, 3.05) is 0 Å². The quantitative estimate of drug-likeness (QED) is 0.481. The zero-order valence-electron chi connectivity index (χ0n) is 13.6. The molecule has 128 valence electrons. The van der Waals surface area contributed by atoms with Gasteiger partial charge in [0.1, 0.15) is 12.4 Å². The maximum Gasteiger partial charge on any atom is 0.329 e. The number of benzene rings is 2. The van der Waals surface area contributed by atoms with Gasteiger partial charge in [0.15, 0.2) is 0 Å². The van der Waals surface area contributed by atoms with E-state index < -0.39 is 11.8 Å². The van der Waals surface area contributed by atoms with Crippen molar-refractivity contribution in [3.8, 4) is 5.75 Å². The van der Waals surface area contributed by atoms with Gasteiger partial charge in [0.2, 0.25) is 0 Å². The summed E-state index contributed by atoms with van der Waals surface area (Å²) < 4.78 is 5.70. The summed E-state index contributed by atoms with van der Waals surface area (Å²) in [5, 5.41) is 6.38. The topological polar surface area (TPSA) is 79.8 Å². The van der Waals surface area contributed by atoms with Crippen molar-refractivity contribution in [2.24, 2.45) is 5.10 Å². The highest BCUT2D eigenvalue weighted by Crippen LogP contribution is 2.18. The number of hydrazone groups is 1. The van der Waals surface area contributed by atoms with Crippen molar-refractivity contribution in [2.45, 2.75) is 25.5 Å². The third kappa shape index (κ3) is 5.46. The lowest BCUT2D eigenvalue weighted by Gasteiger charge is -2.06. The highest BCUT2D eigenvalue weighted by molar-refractivity contribution is 6.35. The van der Waals surface area contributed by atoms with Crippen LogP contribution in [0.25, 0.3) is 0 Å². The molecule has 1 aliphatic carbocycles. The lowest BCUT2D eigenvalue weighted by molar-refractivity contribution is -0.139. The molecule has 0 saturated heterocycles. The Kier molecular flexibility index (Phi) is 5.41. The van der Waals surface area contributed by atoms with E-state index in [1.165, 1.54) is 6.21 Å². The monoisotopic (exact) mass is 337 g/mol. The first-order valence-corrected chi connectivity index (χ1v) is 8.11. The van der Waals surface area contributed by atoms with Crippen molar-refractivity contribution < 1.29 is 14.3 Å². The third-order valence-corrected chi connectivity index (χ3v) is 3.63. The van der Waals surface area contributed by atoms with Crippen molar-refractivity contribution in [3.63, 3.8) is 0 Å². The molecule has 0 radical (unpaired) electrons. The van der Waals surface area contributed by atoms with Crippen LogP contribution in [0.3, 0.4) is 0 Å². The van der Waals surface area contributed by atoms with Crippen LogP contribution in [0.4, 0.5) is 0 Å². The number of rotatable bonds is 6. The Hall–Kier alpha value is -3.15. The summed E-state index contributed by atoms with van der Waals surface area (Å²) in [4.78, 5) is 23.0. The molecule has 0 heterocycles. The average Bonchev–Trinajstić information content (AvgIpc) is 3.46. The molecular weight excluding hydrogens is 318 g/mol. The molecule has 2 N–H and O–H groups in total. The molecule has 6 heteroatoms. The zero-order valence-corrected chi connectivity index (χ0v) is 13.6. The van der Waals surface area contributed by atoms with Gasteiger partial charge in [-0.3, -0.25) is 9.59 Å². The molecule has 0 aromatic heterocycles. The molecule has 1 aliphatic rings. The van der Waals surface area contributed by atoms with E-state index in [-0.39, 0.29) is 6.04 Å². The summed E-state index contributed by atoms with van der Waals surface area (Å²) in [5.74, 6) is -0.663. The van der Waals surface area contributed by atoms with Gasteiger partial charge in [-0.25, -0.2) is 5.43 Å². The minimum atomic E-state index is -0.758. The zero-order chi connectivity index (χ0) is 17.5. The third-order valence-electron chi connectivity index (χ3n) is 3.63. The second-order valence-electron chi connectivity index (χ2n) is 5.79. The van der Waals surface area contributed by atoms with Crippen LogP contribution in [-0.4, -0.2) is 24.1 Å². The summed E-state index contributed by atoms with van der Waals surface area (Å²) in [7, 11) is 0. The molecule has 1 saturated carbocycles. The van der Waals surface area contributed by atoms with Crippen molar-refractivity contribution in [3.05, 3.63) is 65.7 Å². The van der Waals surface area contributed by atoms with Crippen LogP contribution in [0, 0.1) is 0 Å². The van der Waals surface area contributed by atoms with E-state index in [1.807, 2.05) is 54.6 Å². The number of carbonyl (C=O) groups is 2. The Balaban J connectivity index is 1.45. The predicted molar refractivity (Wildman–Crippen MR) is 94.1 cm³/mol. The van der Waals surface area contributed by atoms with E-state index in [0.29, 0.717) is 6.61 Å². The molecule has 1 fully saturated rings. The van der Waals surface area contributed by atoms with Crippen LogP contribution in [0.5, 0.6) is 5.75 Å². The molecule has 2 amide bonds. The van der Waals surface area contributed by atoms with E-state index in [1.54, 1.807) is 0 Å². The number of carbonyl (C=O) groups excluding carboxylic acids is 2. The molecule has 0 unspecified atom stereocenters. The van der Waals surface area contributed by atoms with Crippen LogP contribution in [0.2, 0.25) is 0 Å². The Morgan fingerprint density at radius 3 is 2.44 bits per heavy atom. The Bertz CT molecular complexity index is 753. The summed E-state index contributed by atoms with van der Waals surface area (Å²) in [6, 6.07) is 17.3. The molecule has 0 aliphatic heterocycles. The highest BCUT2D eigenvalue weighted by atomic mass is 16.5. The lowest BCUT2D eigenvalue weighted by atomic mass is 10.2. The van der Waals surface area contributed by atoms with Gasteiger partial charge in [0, 0.05) is 6.04 Å². The molecule has 2 aromatic rings. The number of hydrogen-bond acceptors (Lipinski definition) is 4. The molecule has 25 heavy (non-hydrogen) atoms. The summed E-state index contributed by atoms with van der Waals surface area (Å²) in [6.45, 7) is 0.500. The Morgan fingerprint density at radius 1 is 1.04 bits per heavy atom. The fourth-order valence-electron chi connectivity index (χ4n) is 2.09. The second-order valence-corrected chi connectivity index (χ2v) is 5.79. The summed E-state index contributed by atoms with van der Waals surface area (Å²) in [6.07, 6.45) is 3.34. The molecule has 6 nitrogen and oxygen atoms in total. The minimum absolute atomic E-state index is 0.144. The lowest BCUT2D eigenvalue weighted by Crippen LogP contribution is -2.38.